The largest absolute Gasteiger partial charge is 0.388 e. The molecule has 0 radical (unpaired) electrons. The van der Waals surface area contributed by atoms with Gasteiger partial charge in [-0.25, -0.2) is 0 Å². The zero-order chi connectivity index (χ0) is 12.3. The third-order valence-electron chi connectivity index (χ3n) is 3.08. The fraction of sp³-hybridized carbons (Fsp3) is 0.462. The van der Waals surface area contributed by atoms with Crippen molar-refractivity contribution < 1.29 is 15.0 Å². The number of rotatable bonds is 3. The minimum Gasteiger partial charge on any atom is -0.388 e. The maximum atomic E-state index is 11.8. The van der Waals surface area contributed by atoms with Gasteiger partial charge in [0.25, 0.3) is 0 Å². The van der Waals surface area contributed by atoms with E-state index in [1.165, 1.54) is 4.90 Å². The van der Waals surface area contributed by atoms with Gasteiger partial charge in [-0.2, -0.15) is 0 Å². The molecule has 17 heavy (non-hydrogen) atoms. The predicted octanol–water partition coefficient (Wildman–Crippen LogP) is 0.183. The molecule has 92 valence electrons. The van der Waals surface area contributed by atoms with Crippen LogP contribution in [-0.2, 0) is 11.2 Å². The quantitative estimate of drug-likeness (QED) is 0.786. The normalized spacial score (nSPS) is 24.0. The predicted molar refractivity (Wildman–Crippen MR) is 63.4 cm³/mol. The van der Waals surface area contributed by atoms with E-state index in [0.717, 1.165) is 5.56 Å². The van der Waals surface area contributed by atoms with Gasteiger partial charge in [0.2, 0.25) is 5.91 Å². The topological polar surface area (TPSA) is 60.8 Å². The highest BCUT2D eigenvalue weighted by molar-refractivity contribution is 5.76. The summed E-state index contributed by atoms with van der Waals surface area (Å²) in [4.78, 5) is 13.3. The summed E-state index contributed by atoms with van der Waals surface area (Å²) < 4.78 is 0. The Bertz CT molecular complexity index is 370. The summed E-state index contributed by atoms with van der Waals surface area (Å²) in [5, 5.41) is 18.7. The van der Waals surface area contributed by atoms with E-state index in [1.54, 1.807) is 0 Å². The molecule has 1 saturated heterocycles. The summed E-state index contributed by atoms with van der Waals surface area (Å²) in [6, 6.07) is 9.81. The Hall–Kier alpha value is -1.39. The van der Waals surface area contributed by atoms with E-state index < -0.39 is 12.2 Å². The van der Waals surface area contributed by atoms with Crippen molar-refractivity contribution in [3.05, 3.63) is 35.9 Å². The first-order valence-electron chi connectivity index (χ1n) is 5.84. The Kier molecular flexibility index (Phi) is 3.76. The molecule has 4 heteroatoms. The van der Waals surface area contributed by atoms with Gasteiger partial charge in [0.1, 0.15) is 0 Å². The van der Waals surface area contributed by atoms with Gasteiger partial charge in [0, 0.05) is 19.5 Å². The SMILES string of the molecule is O=C(CCc1ccccc1)N1C[C@@H](O)[C@H](O)C1. The molecule has 1 amide bonds. The number of hydrogen-bond donors (Lipinski definition) is 2. The van der Waals surface area contributed by atoms with E-state index >= 15 is 0 Å². The molecule has 2 rings (SSSR count). The van der Waals surface area contributed by atoms with E-state index in [9.17, 15) is 15.0 Å². The van der Waals surface area contributed by atoms with Crippen molar-refractivity contribution in [2.24, 2.45) is 0 Å². The highest BCUT2D eigenvalue weighted by Crippen LogP contribution is 2.12. The number of hydrogen-bond acceptors (Lipinski definition) is 3. The van der Waals surface area contributed by atoms with E-state index in [0.29, 0.717) is 12.8 Å². The second kappa shape index (κ2) is 5.29. The van der Waals surface area contributed by atoms with Crippen molar-refractivity contribution in [1.29, 1.82) is 0 Å². The maximum Gasteiger partial charge on any atom is 0.223 e. The number of aliphatic hydroxyl groups is 2. The first kappa shape index (κ1) is 12.1. The lowest BCUT2D eigenvalue weighted by Gasteiger charge is -2.15. The number of nitrogens with zero attached hydrogens (tertiary/aromatic N) is 1. The van der Waals surface area contributed by atoms with Crippen molar-refractivity contribution >= 4 is 5.91 Å². The molecule has 1 aromatic rings. The molecule has 1 fully saturated rings. The standard InChI is InChI=1S/C13H17NO3/c15-11-8-14(9-12(11)16)13(17)7-6-10-4-2-1-3-5-10/h1-5,11-12,15-16H,6-9H2/t11-,12-/m1/s1. The molecule has 2 atom stereocenters. The van der Waals surface area contributed by atoms with Gasteiger partial charge in [0.15, 0.2) is 0 Å². The van der Waals surface area contributed by atoms with E-state index in [1.807, 2.05) is 30.3 Å². The van der Waals surface area contributed by atoms with Crippen LogP contribution >= 0.6 is 0 Å². The summed E-state index contributed by atoms with van der Waals surface area (Å²) >= 11 is 0. The fourth-order valence-electron chi connectivity index (χ4n) is 2.03. The Labute approximate surface area is 100 Å². The Morgan fingerprint density at radius 3 is 2.35 bits per heavy atom. The molecule has 0 aromatic heterocycles. The van der Waals surface area contributed by atoms with Crippen molar-refractivity contribution in [1.82, 2.24) is 4.90 Å². The summed E-state index contributed by atoms with van der Waals surface area (Å²) in [5.41, 5.74) is 1.13. The second-order valence-corrected chi connectivity index (χ2v) is 4.42. The Morgan fingerprint density at radius 1 is 1.18 bits per heavy atom. The van der Waals surface area contributed by atoms with Gasteiger partial charge < -0.3 is 15.1 Å². The molecule has 0 saturated carbocycles. The van der Waals surface area contributed by atoms with Crippen molar-refractivity contribution in [2.45, 2.75) is 25.0 Å². The van der Waals surface area contributed by atoms with Crippen LogP contribution in [0.5, 0.6) is 0 Å². The van der Waals surface area contributed by atoms with Crippen molar-refractivity contribution in [3.63, 3.8) is 0 Å². The van der Waals surface area contributed by atoms with Crippen LogP contribution in [0.1, 0.15) is 12.0 Å². The van der Waals surface area contributed by atoms with Gasteiger partial charge in [-0.15, -0.1) is 0 Å². The van der Waals surface area contributed by atoms with Gasteiger partial charge in [-0.1, -0.05) is 30.3 Å². The molecule has 2 N–H and O–H groups in total. The molecule has 0 spiro atoms. The summed E-state index contributed by atoms with van der Waals surface area (Å²) in [5.74, 6) is -0.00977. The first-order chi connectivity index (χ1) is 8.16. The molecule has 0 aliphatic carbocycles. The van der Waals surface area contributed by atoms with Gasteiger partial charge in [-0.05, 0) is 12.0 Å². The van der Waals surface area contributed by atoms with Crippen LogP contribution in [-0.4, -0.2) is 46.3 Å². The number of aryl methyl sites for hydroxylation is 1. The summed E-state index contributed by atoms with van der Waals surface area (Å²) in [7, 11) is 0. The van der Waals surface area contributed by atoms with Crippen LogP contribution in [0.4, 0.5) is 0 Å². The van der Waals surface area contributed by atoms with Crippen LogP contribution in [0.2, 0.25) is 0 Å². The molecular weight excluding hydrogens is 218 g/mol. The minimum atomic E-state index is -0.796. The number of aliphatic hydroxyl groups excluding tert-OH is 2. The lowest BCUT2D eigenvalue weighted by atomic mass is 10.1. The maximum absolute atomic E-state index is 11.8. The van der Waals surface area contributed by atoms with Crippen LogP contribution in [0.15, 0.2) is 30.3 Å². The number of likely N-dealkylation sites (tertiary alicyclic amines) is 1. The molecule has 1 heterocycles. The van der Waals surface area contributed by atoms with Gasteiger partial charge in [-0.3, -0.25) is 4.79 Å². The van der Waals surface area contributed by atoms with Crippen LogP contribution in [0.25, 0.3) is 0 Å². The van der Waals surface area contributed by atoms with Crippen LogP contribution in [0, 0.1) is 0 Å². The van der Waals surface area contributed by atoms with Crippen molar-refractivity contribution in [3.8, 4) is 0 Å². The molecule has 1 aromatic carbocycles. The Morgan fingerprint density at radius 2 is 1.76 bits per heavy atom. The average Bonchev–Trinajstić information content (AvgIpc) is 2.68. The number of carbonyl (C=O) groups excluding carboxylic acids is 1. The highest BCUT2D eigenvalue weighted by Gasteiger charge is 2.31. The smallest absolute Gasteiger partial charge is 0.223 e. The lowest BCUT2D eigenvalue weighted by molar-refractivity contribution is -0.130. The third-order valence-corrected chi connectivity index (χ3v) is 3.08. The van der Waals surface area contributed by atoms with Crippen LogP contribution in [0.3, 0.4) is 0 Å². The van der Waals surface area contributed by atoms with Crippen LogP contribution < -0.4 is 0 Å². The third kappa shape index (κ3) is 3.05. The molecule has 0 bridgehead atoms. The number of amides is 1. The molecule has 1 aliphatic heterocycles. The number of β-amino-alcohol motifs (C(OH)–C–C–N with tert-alkyl or cyclic N) is 2. The van der Waals surface area contributed by atoms with E-state index in [2.05, 4.69) is 0 Å². The second-order valence-electron chi connectivity index (χ2n) is 4.42. The van der Waals surface area contributed by atoms with E-state index in [4.69, 9.17) is 0 Å². The molecule has 0 unspecified atom stereocenters. The first-order valence-corrected chi connectivity index (χ1v) is 5.84. The zero-order valence-corrected chi connectivity index (χ0v) is 9.62. The average molecular weight is 235 g/mol. The van der Waals surface area contributed by atoms with Gasteiger partial charge >= 0.3 is 0 Å². The summed E-state index contributed by atoms with van der Waals surface area (Å²) in [6.07, 6.45) is -0.474. The molecular formula is C13H17NO3. The number of carbonyl (C=O) groups is 1. The van der Waals surface area contributed by atoms with Crippen molar-refractivity contribution in [2.75, 3.05) is 13.1 Å². The van der Waals surface area contributed by atoms with Gasteiger partial charge in [0.05, 0.1) is 12.2 Å². The molecule has 4 nitrogen and oxygen atoms in total. The number of benzene rings is 1. The summed E-state index contributed by atoms with van der Waals surface area (Å²) in [6.45, 7) is 0.490. The lowest BCUT2D eigenvalue weighted by Crippen LogP contribution is -2.29. The monoisotopic (exact) mass is 235 g/mol. The zero-order valence-electron chi connectivity index (χ0n) is 9.62. The molecule has 1 aliphatic rings. The Balaban J connectivity index is 1.82. The minimum absolute atomic E-state index is 0.00977. The fourth-order valence-corrected chi connectivity index (χ4v) is 2.03. The highest BCUT2D eigenvalue weighted by atomic mass is 16.3. The van der Waals surface area contributed by atoms with E-state index in [-0.39, 0.29) is 19.0 Å².